The van der Waals surface area contributed by atoms with Crippen LogP contribution in [0.3, 0.4) is 0 Å². The zero-order valence-electron chi connectivity index (χ0n) is 5.88. The first-order valence-corrected chi connectivity index (χ1v) is 2.65. The number of halogens is 3. The van der Waals surface area contributed by atoms with Gasteiger partial charge in [0.25, 0.3) is 6.43 Å². The standard InChI is InChI=1S/C5H9F2NO2.ClH/c1-5(8,4(6)7)2-3(9)10;/h4H,2,8H2,1H3,(H,9,10);1H. The summed E-state index contributed by atoms with van der Waals surface area (Å²) in [6, 6.07) is 0. The molecule has 0 saturated heterocycles. The molecule has 3 N–H and O–H groups in total. The second kappa shape index (κ2) is 4.46. The van der Waals surface area contributed by atoms with Crippen LogP contribution in [-0.4, -0.2) is 23.0 Å². The zero-order chi connectivity index (χ0) is 8.36. The number of carbonyl (C=O) groups is 1. The summed E-state index contributed by atoms with van der Waals surface area (Å²) >= 11 is 0. The van der Waals surface area contributed by atoms with Crippen LogP contribution in [0.2, 0.25) is 0 Å². The van der Waals surface area contributed by atoms with Gasteiger partial charge in [-0.05, 0) is 6.92 Å². The maximum atomic E-state index is 11.8. The number of hydrogen-bond acceptors (Lipinski definition) is 2. The molecule has 0 aromatic carbocycles. The molecule has 0 aromatic rings. The molecular weight excluding hydrogens is 180 g/mol. The van der Waals surface area contributed by atoms with Gasteiger partial charge in [-0.3, -0.25) is 4.79 Å². The number of rotatable bonds is 3. The Morgan fingerprint density at radius 2 is 2.09 bits per heavy atom. The summed E-state index contributed by atoms with van der Waals surface area (Å²) < 4.78 is 23.6. The number of hydrogen-bond donors (Lipinski definition) is 2. The summed E-state index contributed by atoms with van der Waals surface area (Å²) in [5.41, 5.74) is 3.02. The van der Waals surface area contributed by atoms with E-state index in [-0.39, 0.29) is 12.4 Å². The van der Waals surface area contributed by atoms with Gasteiger partial charge in [-0.15, -0.1) is 12.4 Å². The van der Waals surface area contributed by atoms with E-state index in [9.17, 15) is 13.6 Å². The smallest absolute Gasteiger partial charge is 0.305 e. The predicted molar refractivity (Wildman–Crippen MR) is 38.1 cm³/mol. The van der Waals surface area contributed by atoms with Crippen molar-refractivity contribution in [1.82, 2.24) is 0 Å². The van der Waals surface area contributed by atoms with Crippen LogP contribution >= 0.6 is 12.4 Å². The van der Waals surface area contributed by atoms with Gasteiger partial charge in [-0.25, -0.2) is 8.78 Å². The molecule has 1 unspecified atom stereocenters. The highest BCUT2D eigenvalue weighted by molar-refractivity contribution is 5.85. The van der Waals surface area contributed by atoms with Crippen LogP contribution in [0.4, 0.5) is 8.78 Å². The van der Waals surface area contributed by atoms with Crippen LogP contribution in [0, 0.1) is 0 Å². The molecule has 0 heterocycles. The maximum Gasteiger partial charge on any atom is 0.305 e. The molecule has 3 nitrogen and oxygen atoms in total. The third-order valence-corrected chi connectivity index (χ3v) is 1.03. The van der Waals surface area contributed by atoms with E-state index in [4.69, 9.17) is 10.8 Å². The normalized spacial score (nSPS) is 15.4. The van der Waals surface area contributed by atoms with Gasteiger partial charge in [-0.1, -0.05) is 0 Å². The van der Waals surface area contributed by atoms with Crippen LogP contribution in [0.5, 0.6) is 0 Å². The maximum absolute atomic E-state index is 11.8. The highest BCUT2D eigenvalue weighted by Gasteiger charge is 2.32. The van der Waals surface area contributed by atoms with Gasteiger partial charge in [0, 0.05) is 0 Å². The molecule has 11 heavy (non-hydrogen) atoms. The van der Waals surface area contributed by atoms with Gasteiger partial charge >= 0.3 is 5.97 Å². The molecule has 1 atom stereocenters. The van der Waals surface area contributed by atoms with Crippen molar-refractivity contribution in [2.45, 2.75) is 25.3 Å². The summed E-state index contributed by atoms with van der Waals surface area (Å²) in [4.78, 5) is 9.91. The average Bonchev–Trinajstić information content (AvgIpc) is 1.60. The number of carboxylic acid groups (broad SMARTS) is 1. The Hall–Kier alpha value is -0.420. The molecule has 0 bridgehead atoms. The molecule has 0 aliphatic rings. The molecule has 68 valence electrons. The highest BCUT2D eigenvalue weighted by Crippen LogP contribution is 2.15. The fraction of sp³-hybridized carbons (Fsp3) is 0.800. The Balaban J connectivity index is 0. The van der Waals surface area contributed by atoms with E-state index < -0.39 is 24.4 Å². The topological polar surface area (TPSA) is 63.3 Å². The third-order valence-electron chi connectivity index (χ3n) is 1.03. The molecular formula is C5H10ClF2NO2. The molecule has 0 fully saturated rings. The molecule has 0 aliphatic carbocycles. The SMILES string of the molecule is CC(N)(CC(=O)O)C(F)F.Cl. The van der Waals surface area contributed by atoms with Crippen molar-refractivity contribution in [2.75, 3.05) is 0 Å². The molecule has 0 rings (SSSR count). The van der Waals surface area contributed by atoms with E-state index >= 15 is 0 Å². The highest BCUT2D eigenvalue weighted by atomic mass is 35.5. The average molecular weight is 190 g/mol. The Morgan fingerprint density at radius 3 is 2.18 bits per heavy atom. The van der Waals surface area contributed by atoms with Crippen molar-refractivity contribution < 1.29 is 18.7 Å². The first kappa shape index (κ1) is 13.2. The molecule has 6 heteroatoms. The predicted octanol–water partition coefficient (Wildman–Crippen LogP) is 0.865. The van der Waals surface area contributed by atoms with Crippen LogP contribution in [0.1, 0.15) is 13.3 Å². The lowest BCUT2D eigenvalue weighted by Gasteiger charge is -2.20. The second-order valence-corrected chi connectivity index (χ2v) is 2.38. The van der Waals surface area contributed by atoms with Gasteiger partial charge in [0.1, 0.15) is 0 Å². The fourth-order valence-corrected chi connectivity index (χ4v) is 0.403. The molecule has 0 aliphatic heterocycles. The van der Waals surface area contributed by atoms with Gasteiger partial charge < -0.3 is 10.8 Å². The van der Waals surface area contributed by atoms with E-state index in [1.165, 1.54) is 0 Å². The van der Waals surface area contributed by atoms with E-state index in [1.54, 1.807) is 0 Å². The molecule has 0 aromatic heterocycles. The van der Waals surface area contributed by atoms with E-state index in [0.29, 0.717) is 0 Å². The first-order valence-electron chi connectivity index (χ1n) is 2.65. The fourth-order valence-electron chi connectivity index (χ4n) is 0.403. The first-order chi connectivity index (χ1) is 4.36. The van der Waals surface area contributed by atoms with Crippen LogP contribution in [-0.2, 0) is 4.79 Å². The Bertz CT molecular complexity index is 140. The minimum atomic E-state index is -2.80. The van der Waals surface area contributed by atoms with Crippen molar-refractivity contribution in [3.05, 3.63) is 0 Å². The van der Waals surface area contributed by atoms with Crippen molar-refractivity contribution >= 4 is 18.4 Å². The third kappa shape index (κ3) is 4.92. The van der Waals surface area contributed by atoms with Crippen LogP contribution in [0.15, 0.2) is 0 Å². The van der Waals surface area contributed by atoms with E-state index in [2.05, 4.69) is 0 Å². The minimum absolute atomic E-state index is 0. The van der Waals surface area contributed by atoms with Gasteiger partial charge in [0.2, 0.25) is 0 Å². The van der Waals surface area contributed by atoms with Crippen molar-refractivity contribution in [1.29, 1.82) is 0 Å². The summed E-state index contributed by atoms with van der Waals surface area (Å²) in [5.74, 6) is -1.31. The van der Waals surface area contributed by atoms with Gasteiger partial charge in [0.05, 0.1) is 12.0 Å². The summed E-state index contributed by atoms with van der Waals surface area (Å²) in [5, 5.41) is 8.08. The lowest BCUT2D eigenvalue weighted by Crippen LogP contribution is -2.45. The van der Waals surface area contributed by atoms with Crippen molar-refractivity contribution in [3.63, 3.8) is 0 Å². The molecule has 0 saturated carbocycles. The van der Waals surface area contributed by atoms with E-state index in [1.807, 2.05) is 0 Å². The minimum Gasteiger partial charge on any atom is -0.481 e. The van der Waals surface area contributed by atoms with Gasteiger partial charge in [-0.2, -0.15) is 0 Å². The zero-order valence-corrected chi connectivity index (χ0v) is 6.70. The summed E-state index contributed by atoms with van der Waals surface area (Å²) in [6.45, 7) is 1.01. The van der Waals surface area contributed by atoms with Crippen LogP contribution < -0.4 is 5.73 Å². The van der Waals surface area contributed by atoms with Crippen molar-refractivity contribution in [2.24, 2.45) is 5.73 Å². The van der Waals surface area contributed by atoms with Gasteiger partial charge in [0.15, 0.2) is 0 Å². The Labute approximate surface area is 69.0 Å². The second-order valence-electron chi connectivity index (χ2n) is 2.38. The largest absolute Gasteiger partial charge is 0.481 e. The number of aliphatic carboxylic acids is 1. The number of nitrogens with two attached hydrogens (primary N) is 1. The monoisotopic (exact) mass is 189 g/mol. The van der Waals surface area contributed by atoms with Crippen molar-refractivity contribution in [3.8, 4) is 0 Å². The quantitative estimate of drug-likeness (QED) is 0.692. The molecule has 0 amide bonds. The molecule has 0 spiro atoms. The summed E-state index contributed by atoms with van der Waals surface area (Å²) in [6.07, 6.45) is -3.52. The number of carboxylic acids is 1. The number of alkyl halides is 2. The van der Waals surface area contributed by atoms with E-state index in [0.717, 1.165) is 6.92 Å². The van der Waals surface area contributed by atoms with Crippen LogP contribution in [0.25, 0.3) is 0 Å². The molecule has 0 radical (unpaired) electrons. The lowest BCUT2D eigenvalue weighted by molar-refractivity contribution is -0.139. The Kier molecular flexibility index (Phi) is 5.34. The lowest BCUT2D eigenvalue weighted by atomic mass is 10.0. The Morgan fingerprint density at radius 1 is 1.73 bits per heavy atom. The summed E-state index contributed by atoms with van der Waals surface area (Å²) in [7, 11) is 0.